The molecule has 1 amide bonds. The van der Waals surface area contributed by atoms with E-state index in [2.05, 4.69) is 15.5 Å². The summed E-state index contributed by atoms with van der Waals surface area (Å²) in [5.74, 6) is -0.400. The number of hydrogen-bond acceptors (Lipinski definition) is 5. The maximum Gasteiger partial charge on any atom is 0.417 e. The first-order valence-electron chi connectivity index (χ1n) is 7.65. The Bertz CT molecular complexity index is 797. The smallest absolute Gasteiger partial charge is 0.305 e. The molecule has 2 aromatic heterocycles. The van der Waals surface area contributed by atoms with E-state index in [0.29, 0.717) is 16.8 Å². The van der Waals surface area contributed by atoms with Crippen molar-refractivity contribution < 1.29 is 18.0 Å². The lowest BCUT2D eigenvalue weighted by Crippen LogP contribution is -2.28. The summed E-state index contributed by atoms with van der Waals surface area (Å²) in [7, 11) is 0. The molecular formula is C15H17F3N4O2S. The Morgan fingerprint density at radius 2 is 1.96 bits per heavy atom. The molecular weight excluding hydrogens is 357 g/mol. The van der Waals surface area contributed by atoms with Crippen LogP contribution in [-0.2, 0) is 17.5 Å². The number of hydrogen-bond donors (Lipinski definition) is 1. The van der Waals surface area contributed by atoms with Crippen LogP contribution in [0.4, 0.5) is 18.3 Å². The van der Waals surface area contributed by atoms with Crippen LogP contribution in [0.2, 0.25) is 0 Å². The van der Waals surface area contributed by atoms with Crippen molar-refractivity contribution in [2.75, 3.05) is 5.32 Å². The van der Waals surface area contributed by atoms with Gasteiger partial charge in [0.25, 0.3) is 5.56 Å². The summed E-state index contributed by atoms with van der Waals surface area (Å²) >= 11 is 1.22. The second kappa shape index (κ2) is 7.77. The van der Waals surface area contributed by atoms with Crippen molar-refractivity contribution in [2.45, 2.75) is 45.3 Å². The molecule has 0 fully saturated rings. The van der Waals surface area contributed by atoms with Gasteiger partial charge in [-0.25, -0.2) is 0 Å². The van der Waals surface area contributed by atoms with E-state index in [1.54, 1.807) is 0 Å². The summed E-state index contributed by atoms with van der Waals surface area (Å²) in [4.78, 5) is 23.6. The van der Waals surface area contributed by atoms with Crippen molar-refractivity contribution in [2.24, 2.45) is 0 Å². The summed E-state index contributed by atoms with van der Waals surface area (Å²) in [6, 6.07) is 1.47. The Morgan fingerprint density at radius 1 is 1.28 bits per heavy atom. The molecule has 25 heavy (non-hydrogen) atoms. The van der Waals surface area contributed by atoms with Gasteiger partial charge in [-0.05, 0) is 18.9 Å². The van der Waals surface area contributed by atoms with E-state index in [0.717, 1.165) is 23.9 Å². The van der Waals surface area contributed by atoms with Gasteiger partial charge in [0, 0.05) is 18.2 Å². The Hall–Kier alpha value is -2.23. The molecule has 0 saturated carbocycles. The van der Waals surface area contributed by atoms with Crippen LogP contribution < -0.4 is 10.9 Å². The van der Waals surface area contributed by atoms with Crippen molar-refractivity contribution in [1.29, 1.82) is 0 Å². The molecule has 0 aromatic carbocycles. The minimum atomic E-state index is -4.59. The first kappa shape index (κ1) is 19.1. The number of nitrogens with one attached hydrogen (secondary N) is 1. The highest BCUT2D eigenvalue weighted by Gasteiger charge is 2.31. The third-order valence-corrected chi connectivity index (χ3v) is 4.65. The number of carbonyl (C=O) groups is 1. The van der Waals surface area contributed by atoms with Gasteiger partial charge in [0.15, 0.2) is 0 Å². The maximum atomic E-state index is 12.7. The summed E-state index contributed by atoms with van der Waals surface area (Å²) < 4.78 is 38.8. The summed E-state index contributed by atoms with van der Waals surface area (Å²) in [5, 5.41) is 11.4. The third-order valence-electron chi connectivity index (χ3n) is 3.65. The van der Waals surface area contributed by atoms with E-state index >= 15 is 0 Å². The van der Waals surface area contributed by atoms with Gasteiger partial charge >= 0.3 is 6.18 Å². The molecule has 0 radical (unpaired) electrons. The van der Waals surface area contributed by atoms with Gasteiger partial charge < -0.3 is 4.57 Å². The quantitative estimate of drug-likeness (QED) is 0.842. The van der Waals surface area contributed by atoms with Crippen LogP contribution in [0.25, 0.3) is 0 Å². The Labute approximate surface area is 145 Å². The Morgan fingerprint density at radius 3 is 2.56 bits per heavy atom. The molecule has 0 spiro atoms. The molecule has 1 N–H and O–H groups in total. The number of carbonyl (C=O) groups excluding carboxylic acids is 1. The monoisotopic (exact) mass is 374 g/mol. The molecule has 0 saturated heterocycles. The van der Waals surface area contributed by atoms with E-state index in [-0.39, 0.29) is 11.0 Å². The van der Waals surface area contributed by atoms with Crippen LogP contribution in [0.1, 0.15) is 43.2 Å². The molecule has 0 bridgehead atoms. The van der Waals surface area contributed by atoms with E-state index in [4.69, 9.17) is 0 Å². The zero-order valence-corrected chi connectivity index (χ0v) is 14.4. The molecule has 2 aromatic rings. The van der Waals surface area contributed by atoms with Crippen LogP contribution in [-0.4, -0.2) is 20.7 Å². The average molecular weight is 374 g/mol. The lowest BCUT2D eigenvalue weighted by Gasteiger charge is -2.10. The molecule has 0 unspecified atom stereocenters. The van der Waals surface area contributed by atoms with Crippen molar-refractivity contribution in [3.05, 3.63) is 39.3 Å². The SMILES string of the molecule is CCC(CC)c1nnc(NC(=O)Cn2cc(C(F)(F)F)ccc2=O)s1. The highest BCUT2D eigenvalue weighted by molar-refractivity contribution is 7.15. The predicted molar refractivity (Wildman–Crippen MR) is 87.6 cm³/mol. The van der Waals surface area contributed by atoms with Crippen molar-refractivity contribution >= 4 is 22.4 Å². The average Bonchev–Trinajstić information content (AvgIpc) is 2.97. The standard InChI is InChI=1S/C15H17F3N4O2S/c1-3-9(4-2)13-20-21-14(25-13)19-11(23)8-22-7-10(15(16,17)18)5-6-12(22)24/h5-7,9H,3-4,8H2,1-2H3,(H,19,21,23). The molecule has 10 heteroatoms. The second-order valence-electron chi connectivity index (χ2n) is 5.39. The largest absolute Gasteiger partial charge is 0.417 e. The fourth-order valence-corrected chi connectivity index (χ4v) is 3.25. The van der Waals surface area contributed by atoms with Crippen LogP contribution in [0.5, 0.6) is 0 Å². The Kier molecular flexibility index (Phi) is 5.93. The van der Waals surface area contributed by atoms with Crippen LogP contribution >= 0.6 is 11.3 Å². The summed E-state index contributed by atoms with van der Waals surface area (Å²) in [6.45, 7) is 3.50. The molecule has 0 atom stereocenters. The lowest BCUT2D eigenvalue weighted by atomic mass is 10.1. The number of pyridine rings is 1. The van der Waals surface area contributed by atoms with Crippen LogP contribution in [0.3, 0.4) is 0 Å². The van der Waals surface area contributed by atoms with Gasteiger partial charge in [-0.1, -0.05) is 25.2 Å². The van der Waals surface area contributed by atoms with E-state index in [1.165, 1.54) is 11.3 Å². The zero-order chi connectivity index (χ0) is 18.6. The van der Waals surface area contributed by atoms with E-state index < -0.39 is 29.8 Å². The fraction of sp³-hybridized carbons (Fsp3) is 0.467. The number of amides is 1. The van der Waals surface area contributed by atoms with Gasteiger partial charge in [0.1, 0.15) is 11.6 Å². The van der Waals surface area contributed by atoms with Crippen LogP contribution in [0.15, 0.2) is 23.1 Å². The van der Waals surface area contributed by atoms with Crippen LogP contribution in [0, 0.1) is 0 Å². The molecule has 0 aliphatic heterocycles. The molecule has 2 heterocycles. The van der Waals surface area contributed by atoms with Gasteiger partial charge in [0.2, 0.25) is 11.0 Å². The number of alkyl halides is 3. The highest BCUT2D eigenvalue weighted by Crippen LogP contribution is 2.29. The molecule has 0 aliphatic carbocycles. The maximum absolute atomic E-state index is 12.7. The normalized spacial score (nSPS) is 11.8. The lowest BCUT2D eigenvalue weighted by molar-refractivity contribution is -0.138. The molecule has 136 valence electrons. The zero-order valence-electron chi connectivity index (χ0n) is 13.6. The summed E-state index contributed by atoms with van der Waals surface area (Å²) in [6.07, 6.45) is -2.19. The number of nitrogens with zero attached hydrogens (tertiary/aromatic N) is 3. The first-order chi connectivity index (χ1) is 11.7. The minimum Gasteiger partial charge on any atom is -0.305 e. The summed E-state index contributed by atoms with van der Waals surface area (Å²) in [5.41, 5.74) is -1.69. The first-order valence-corrected chi connectivity index (χ1v) is 8.47. The van der Waals surface area contributed by atoms with Crippen molar-refractivity contribution in [3.8, 4) is 0 Å². The van der Waals surface area contributed by atoms with E-state index in [1.807, 2.05) is 13.8 Å². The Balaban J connectivity index is 2.09. The molecule has 2 rings (SSSR count). The van der Waals surface area contributed by atoms with Gasteiger partial charge in [0.05, 0.1) is 5.56 Å². The van der Waals surface area contributed by atoms with Crippen molar-refractivity contribution in [3.63, 3.8) is 0 Å². The predicted octanol–water partition coefficient (Wildman–Crippen LogP) is 3.26. The molecule has 6 nitrogen and oxygen atoms in total. The number of anilines is 1. The number of halogens is 3. The van der Waals surface area contributed by atoms with Gasteiger partial charge in [-0.15, -0.1) is 10.2 Å². The number of aromatic nitrogens is 3. The van der Waals surface area contributed by atoms with E-state index in [9.17, 15) is 22.8 Å². The topological polar surface area (TPSA) is 76.9 Å². The third kappa shape index (κ3) is 4.88. The minimum absolute atomic E-state index is 0.245. The highest BCUT2D eigenvalue weighted by atomic mass is 32.1. The fourth-order valence-electron chi connectivity index (χ4n) is 2.22. The molecule has 0 aliphatic rings. The number of rotatable bonds is 6. The van der Waals surface area contributed by atoms with Gasteiger partial charge in [-0.2, -0.15) is 13.2 Å². The van der Waals surface area contributed by atoms with Crippen molar-refractivity contribution in [1.82, 2.24) is 14.8 Å². The second-order valence-corrected chi connectivity index (χ2v) is 6.40. The van der Waals surface area contributed by atoms with Gasteiger partial charge in [-0.3, -0.25) is 14.9 Å².